The lowest BCUT2D eigenvalue weighted by atomic mass is 10.1. The monoisotopic (exact) mass is 276 g/mol. The molecule has 1 aromatic rings. The predicted octanol–water partition coefficient (Wildman–Crippen LogP) is -0.151. The average molecular weight is 276 g/mol. The second-order valence-corrected chi connectivity index (χ2v) is 4.69. The van der Waals surface area contributed by atoms with Gasteiger partial charge in [-0.3, -0.25) is 19.7 Å². The summed E-state index contributed by atoms with van der Waals surface area (Å²) in [4.78, 5) is 40.9. The zero-order valence-corrected chi connectivity index (χ0v) is 11.3. The Bertz CT molecular complexity index is 565. The van der Waals surface area contributed by atoms with E-state index in [0.29, 0.717) is 17.7 Å². The Morgan fingerprint density at radius 1 is 1.50 bits per heavy atom. The van der Waals surface area contributed by atoms with Crippen LogP contribution in [0.15, 0.2) is 12.1 Å². The number of nitrogens with zero attached hydrogens (tertiary/aromatic N) is 2. The number of amides is 3. The SMILES string of the molecule is CCC1C(=O)NC(=O)CN1C(=O)c1cc(C)nc(N)c1. The highest BCUT2D eigenvalue weighted by molar-refractivity contribution is 6.07. The zero-order chi connectivity index (χ0) is 14.9. The van der Waals surface area contributed by atoms with Crippen LogP contribution in [0.25, 0.3) is 0 Å². The van der Waals surface area contributed by atoms with E-state index < -0.39 is 23.8 Å². The summed E-state index contributed by atoms with van der Waals surface area (Å²) in [5, 5.41) is 2.23. The first kappa shape index (κ1) is 14.0. The van der Waals surface area contributed by atoms with Crippen LogP contribution in [0.5, 0.6) is 0 Å². The minimum absolute atomic E-state index is 0.135. The molecule has 1 aliphatic heterocycles. The highest BCUT2D eigenvalue weighted by Gasteiger charge is 2.35. The third kappa shape index (κ3) is 2.61. The first-order valence-electron chi connectivity index (χ1n) is 6.31. The van der Waals surface area contributed by atoms with Crippen molar-refractivity contribution in [1.29, 1.82) is 0 Å². The molecule has 3 amide bonds. The Balaban J connectivity index is 2.34. The van der Waals surface area contributed by atoms with Crippen molar-refractivity contribution in [3.8, 4) is 0 Å². The third-order valence-electron chi connectivity index (χ3n) is 3.12. The topological polar surface area (TPSA) is 105 Å². The van der Waals surface area contributed by atoms with E-state index in [-0.39, 0.29) is 12.4 Å². The molecule has 0 saturated carbocycles. The van der Waals surface area contributed by atoms with Crippen LogP contribution in [0.2, 0.25) is 0 Å². The number of pyridine rings is 1. The number of rotatable bonds is 2. The van der Waals surface area contributed by atoms with Gasteiger partial charge in [0, 0.05) is 11.3 Å². The molecule has 1 atom stereocenters. The number of hydrogen-bond donors (Lipinski definition) is 2. The number of anilines is 1. The molecular weight excluding hydrogens is 260 g/mol. The fraction of sp³-hybridized carbons (Fsp3) is 0.385. The number of imide groups is 1. The van der Waals surface area contributed by atoms with E-state index in [1.165, 1.54) is 11.0 Å². The summed E-state index contributed by atoms with van der Waals surface area (Å²) in [6.45, 7) is 3.37. The molecule has 0 bridgehead atoms. The Labute approximate surface area is 116 Å². The standard InChI is InChI=1S/C13H16N4O3/c1-3-9-12(19)16-11(18)6-17(9)13(20)8-4-7(2)15-10(14)5-8/h4-5,9H,3,6H2,1-2H3,(H2,14,15)(H,16,18,19). The molecule has 7 heteroatoms. The number of carbonyl (C=O) groups excluding carboxylic acids is 3. The number of hydrogen-bond acceptors (Lipinski definition) is 5. The quantitative estimate of drug-likeness (QED) is 0.731. The normalized spacial score (nSPS) is 18.9. The van der Waals surface area contributed by atoms with Crippen LogP contribution in [-0.4, -0.2) is 40.2 Å². The molecule has 2 rings (SSSR count). The molecule has 3 N–H and O–H groups in total. The third-order valence-corrected chi connectivity index (χ3v) is 3.12. The number of carbonyl (C=O) groups is 3. The molecule has 7 nitrogen and oxygen atoms in total. The Morgan fingerprint density at radius 3 is 2.80 bits per heavy atom. The van der Waals surface area contributed by atoms with Crippen molar-refractivity contribution in [2.24, 2.45) is 0 Å². The Hall–Kier alpha value is -2.44. The molecule has 0 radical (unpaired) electrons. The van der Waals surface area contributed by atoms with Gasteiger partial charge in [-0.25, -0.2) is 4.98 Å². The second kappa shape index (κ2) is 5.28. The number of nitrogens with two attached hydrogens (primary N) is 1. The molecule has 0 aromatic carbocycles. The van der Waals surface area contributed by atoms with E-state index in [4.69, 9.17) is 5.73 Å². The van der Waals surface area contributed by atoms with Gasteiger partial charge < -0.3 is 10.6 Å². The maximum atomic E-state index is 12.5. The van der Waals surface area contributed by atoms with Crippen LogP contribution in [-0.2, 0) is 9.59 Å². The maximum absolute atomic E-state index is 12.5. The Kier molecular flexibility index (Phi) is 3.69. The minimum Gasteiger partial charge on any atom is -0.384 e. The van der Waals surface area contributed by atoms with Gasteiger partial charge in [-0.15, -0.1) is 0 Å². The smallest absolute Gasteiger partial charge is 0.255 e. The van der Waals surface area contributed by atoms with Crippen LogP contribution in [0.3, 0.4) is 0 Å². The van der Waals surface area contributed by atoms with Crippen molar-refractivity contribution in [2.75, 3.05) is 12.3 Å². The van der Waals surface area contributed by atoms with E-state index >= 15 is 0 Å². The first-order valence-corrected chi connectivity index (χ1v) is 6.31. The van der Waals surface area contributed by atoms with Crippen LogP contribution in [0.1, 0.15) is 29.4 Å². The van der Waals surface area contributed by atoms with Crippen molar-refractivity contribution >= 4 is 23.5 Å². The molecule has 1 aromatic heterocycles. The molecule has 1 saturated heterocycles. The number of aromatic nitrogens is 1. The first-order chi connectivity index (χ1) is 9.42. The molecule has 1 unspecified atom stereocenters. The molecule has 106 valence electrons. The molecule has 0 aliphatic carbocycles. The van der Waals surface area contributed by atoms with E-state index in [1.54, 1.807) is 19.9 Å². The van der Waals surface area contributed by atoms with E-state index in [2.05, 4.69) is 10.3 Å². The van der Waals surface area contributed by atoms with Crippen LogP contribution in [0.4, 0.5) is 5.82 Å². The van der Waals surface area contributed by atoms with E-state index in [0.717, 1.165) is 0 Å². The fourth-order valence-electron chi connectivity index (χ4n) is 2.27. The van der Waals surface area contributed by atoms with Crippen molar-refractivity contribution in [2.45, 2.75) is 26.3 Å². The molecular formula is C13H16N4O3. The minimum atomic E-state index is -0.644. The predicted molar refractivity (Wildman–Crippen MR) is 71.7 cm³/mol. The largest absolute Gasteiger partial charge is 0.384 e. The fourth-order valence-corrected chi connectivity index (χ4v) is 2.27. The second-order valence-electron chi connectivity index (χ2n) is 4.69. The summed E-state index contributed by atoms with van der Waals surface area (Å²) in [5.41, 5.74) is 6.56. The van der Waals surface area contributed by atoms with Crippen LogP contribution in [0, 0.1) is 6.92 Å². The molecule has 2 heterocycles. The van der Waals surface area contributed by atoms with E-state index in [9.17, 15) is 14.4 Å². The van der Waals surface area contributed by atoms with Crippen molar-refractivity contribution < 1.29 is 14.4 Å². The van der Waals surface area contributed by atoms with Gasteiger partial charge in [0.1, 0.15) is 18.4 Å². The number of aryl methyl sites for hydroxylation is 1. The highest BCUT2D eigenvalue weighted by Crippen LogP contribution is 2.16. The van der Waals surface area contributed by atoms with Crippen molar-refractivity contribution in [3.05, 3.63) is 23.4 Å². The summed E-state index contributed by atoms with van der Waals surface area (Å²) in [5.74, 6) is -1.09. The molecule has 20 heavy (non-hydrogen) atoms. The lowest BCUT2D eigenvalue weighted by molar-refractivity contribution is -0.138. The van der Waals surface area contributed by atoms with Gasteiger partial charge in [0.2, 0.25) is 11.8 Å². The van der Waals surface area contributed by atoms with Gasteiger partial charge in [-0.05, 0) is 25.5 Å². The number of piperazine rings is 1. The molecule has 1 fully saturated rings. The van der Waals surface area contributed by atoms with Gasteiger partial charge in [0.25, 0.3) is 5.91 Å². The Morgan fingerprint density at radius 2 is 2.20 bits per heavy atom. The summed E-state index contributed by atoms with van der Waals surface area (Å²) in [6.07, 6.45) is 0.435. The van der Waals surface area contributed by atoms with Crippen LogP contribution < -0.4 is 11.1 Å². The lowest BCUT2D eigenvalue weighted by Crippen LogP contribution is -2.59. The van der Waals surface area contributed by atoms with Gasteiger partial charge in [0.15, 0.2) is 0 Å². The summed E-state index contributed by atoms with van der Waals surface area (Å²) in [7, 11) is 0. The van der Waals surface area contributed by atoms with Crippen LogP contribution >= 0.6 is 0 Å². The van der Waals surface area contributed by atoms with Gasteiger partial charge in [-0.1, -0.05) is 6.92 Å². The molecule has 1 aliphatic rings. The van der Waals surface area contributed by atoms with Crippen molar-refractivity contribution in [3.63, 3.8) is 0 Å². The summed E-state index contributed by atoms with van der Waals surface area (Å²) >= 11 is 0. The van der Waals surface area contributed by atoms with Gasteiger partial charge >= 0.3 is 0 Å². The van der Waals surface area contributed by atoms with Gasteiger partial charge in [0.05, 0.1) is 0 Å². The van der Waals surface area contributed by atoms with Gasteiger partial charge in [-0.2, -0.15) is 0 Å². The lowest BCUT2D eigenvalue weighted by Gasteiger charge is -2.33. The zero-order valence-electron chi connectivity index (χ0n) is 11.3. The van der Waals surface area contributed by atoms with Crippen molar-refractivity contribution in [1.82, 2.24) is 15.2 Å². The summed E-state index contributed by atoms with van der Waals surface area (Å²) in [6, 6.07) is 2.39. The maximum Gasteiger partial charge on any atom is 0.255 e. The molecule has 0 spiro atoms. The summed E-state index contributed by atoms with van der Waals surface area (Å²) < 4.78 is 0. The number of nitrogen functional groups attached to an aromatic ring is 1. The number of nitrogens with one attached hydrogen (secondary N) is 1. The van der Waals surface area contributed by atoms with E-state index in [1.807, 2.05) is 0 Å². The highest BCUT2D eigenvalue weighted by atomic mass is 16.2. The average Bonchev–Trinajstić information content (AvgIpc) is 2.35.